The van der Waals surface area contributed by atoms with Crippen molar-refractivity contribution >= 4 is 35.4 Å². The summed E-state index contributed by atoms with van der Waals surface area (Å²) >= 11 is 0. The van der Waals surface area contributed by atoms with Gasteiger partial charge in [-0.3, -0.25) is 4.79 Å². The molecule has 0 spiro atoms. The standard InChI is InChI=1S/C19H12N4O/c24-19-8-7-18(23-19)12-17-6-5-16(22-17)11-15-4-3-14(21-15)10-13-2-1-9-20-13/h1-9,12,21-22H. The minimum atomic E-state index is -0.225. The third kappa shape index (κ3) is 3.08. The molecule has 2 N–H and O–H groups in total. The van der Waals surface area contributed by atoms with Crippen molar-refractivity contribution in [3.05, 3.63) is 75.7 Å². The molecule has 0 aromatic carbocycles. The van der Waals surface area contributed by atoms with E-state index in [0.29, 0.717) is 5.71 Å². The SMILES string of the molecule is O=C1C=CC(C=c2ccc(=C=c3ccc(=C=C4C=CC=N4)[nH]3)[nH]2)=N1. The molecule has 2 aromatic heterocycles. The van der Waals surface area contributed by atoms with E-state index in [1.165, 1.54) is 6.08 Å². The Balaban J connectivity index is 1.78. The van der Waals surface area contributed by atoms with Crippen molar-refractivity contribution in [2.24, 2.45) is 9.98 Å². The topological polar surface area (TPSA) is 73.4 Å². The van der Waals surface area contributed by atoms with Gasteiger partial charge in [-0.1, -0.05) is 11.5 Å². The number of amides is 1. The number of aliphatic imine (C=N–C) groups is 2. The van der Waals surface area contributed by atoms with Crippen LogP contribution in [0.5, 0.6) is 0 Å². The van der Waals surface area contributed by atoms with Crippen LogP contribution < -0.4 is 21.4 Å². The summed E-state index contributed by atoms with van der Waals surface area (Å²) in [6.45, 7) is 0. The van der Waals surface area contributed by atoms with E-state index in [1.54, 1.807) is 12.3 Å². The maximum Gasteiger partial charge on any atom is 0.270 e. The highest BCUT2D eigenvalue weighted by Gasteiger charge is 2.02. The normalized spacial score (nSPS) is 16.0. The van der Waals surface area contributed by atoms with Gasteiger partial charge in [0, 0.05) is 17.6 Å². The van der Waals surface area contributed by atoms with Gasteiger partial charge in [-0.05, 0) is 48.6 Å². The summed E-state index contributed by atoms with van der Waals surface area (Å²) in [4.78, 5) is 25.5. The first-order chi connectivity index (χ1) is 11.7. The van der Waals surface area contributed by atoms with Crippen LogP contribution in [0.3, 0.4) is 0 Å². The minimum absolute atomic E-state index is 0.225. The quantitative estimate of drug-likeness (QED) is 0.719. The number of carbonyl (C=O) groups is 1. The molecule has 0 unspecified atom stereocenters. The number of nitrogens with one attached hydrogen (secondary N) is 2. The second-order valence-corrected chi connectivity index (χ2v) is 5.24. The zero-order valence-electron chi connectivity index (χ0n) is 12.6. The zero-order chi connectivity index (χ0) is 16.4. The van der Waals surface area contributed by atoms with E-state index in [9.17, 15) is 4.79 Å². The van der Waals surface area contributed by atoms with Crippen molar-refractivity contribution in [2.45, 2.75) is 0 Å². The highest BCUT2D eigenvalue weighted by molar-refractivity contribution is 6.26. The highest BCUT2D eigenvalue weighted by atomic mass is 16.1. The van der Waals surface area contributed by atoms with Crippen LogP contribution in [0.4, 0.5) is 0 Å². The van der Waals surface area contributed by atoms with Crippen molar-refractivity contribution in [3.8, 4) is 0 Å². The fourth-order valence-electron chi connectivity index (χ4n) is 2.37. The van der Waals surface area contributed by atoms with Gasteiger partial charge in [0.05, 0.1) is 21.8 Å². The Morgan fingerprint density at radius 2 is 1.71 bits per heavy atom. The molecule has 1 amide bonds. The Morgan fingerprint density at radius 1 is 0.917 bits per heavy atom. The van der Waals surface area contributed by atoms with E-state index in [0.717, 1.165) is 27.1 Å². The number of nitrogens with zero attached hydrogens (tertiary/aromatic N) is 2. The molecular formula is C19H12N4O. The molecule has 0 saturated carbocycles. The van der Waals surface area contributed by atoms with E-state index in [2.05, 4.69) is 31.4 Å². The number of carbonyl (C=O) groups excluding carboxylic acids is 1. The minimum Gasteiger partial charge on any atom is -0.349 e. The van der Waals surface area contributed by atoms with Crippen molar-refractivity contribution < 1.29 is 4.79 Å². The van der Waals surface area contributed by atoms with Crippen LogP contribution in [-0.4, -0.2) is 27.8 Å². The summed E-state index contributed by atoms with van der Waals surface area (Å²) in [5, 5.41) is 3.38. The van der Waals surface area contributed by atoms with Crippen molar-refractivity contribution in [2.75, 3.05) is 0 Å². The Kier molecular flexibility index (Phi) is 3.41. The van der Waals surface area contributed by atoms with E-state index >= 15 is 0 Å². The lowest BCUT2D eigenvalue weighted by Gasteiger charge is -1.81. The maximum absolute atomic E-state index is 11.1. The van der Waals surface area contributed by atoms with Gasteiger partial charge in [0.1, 0.15) is 5.70 Å². The lowest BCUT2D eigenvalue weighted by atomic mass is 10.3. The summed E-state index contributed by atoms with van der Waals surface area (Å²) in [7, 11) is 0. The molecule has 2 aromatic rings. The molecule has 0 bridgehead atoms. The van der Waals surface area contributed by atoms with Crippen LogP contribution in [-0.2, 0) is 4.79 Å². The maximum atomic E-state index is 11.1. The lowest BCUT2D eigenvalue weighted by molar-refractivity contribution is -0.113. The summed E-state index contributed by atoms with van der Waals surface area (Å²) < 4.78 is 0. The fourth-order valence-corrected chi connectivity index (χ4v) is 2.37. The van der Waals surface area contributed by atoms with Gasteiger partial charge in [0.2, 0.25) is 0 Å². The van der Waals surface area contributed by atoms with Gasteiger partial charge in [-0.25, -0.2) is 9.98 Å². The van der Waals surface area contributed by atoms with Crippen LogP contribution in [0, 0.1) is 0 Å². The van der Waals surface area contributed by atoms with E-state index in [-0.39, 0.29) is 5.91 Å². The first-order valence-corrected chi connectivity index (χ1v) is 7.40. The number of hydrogen-bond donors (Lipinski definition) is 2. The van der Waals surface area contributed by atoms with Gasteiger partial charge < -0.3 is 9.97 Å². The van der Waals surface area contributed by atoms with Gasteiger partial charge in [-0.2, -0.15) is 0 Å². The van der Waals surface area contributed by atoms with Crippen LogP contribution in [0.1, 0.15) is 0 Å². The van der Waals surface area contributed by atoms with Crippen LogP contribution in [0.25, 0.3) is 17.5 Å². The molecule has 4 rings (SSSR count). The summed E-state index contributed by atoms with van der Waals surface area (Å²) in [6.07, 6.45) is 10.5. The molecule has 0 fully saturated rings. The molecule has 2 aliphatic rings. The number of hydrogen-bond acceptors (Lipinski definition) is 2. The van der Waals surface area contributed by atoms with Crippen molar-refractivity contribution in [1.29, 1.82) is 0 Å². The predicted octanol–water partition coefficient (Wildman–Crippen LogP) is -0.684. The Morgan fingerprint density at radius 3 is 2.46 bits per heavy atom. The average Bonchev–Trinajstić information content (AvgIpc) is 3.32. The Hall–Kier alpha value is -3.65. The second-order valence-electron chi connectivity index (χ2n) is 5.24. The van der Waals surface area contributed by atoms with E-state index < -0.39 is 0 Å². The molecule has 4 heterocycles. The molecule has 114 valence electrons. The first-order valence-electron chi connectivity index (χ1n) is 7.40. The second kappa shape index (κ2) is 5.86. The predicted molar refractivity (Wildman–Crippen MR) is 93.2 cm³/mol. The highest BCUT2D eigenvalue weighted by Crippen LogP contribution is 2.00. The molecule has 2 aliphatic heterocycles. The third-order valence-corrected chi connectivity index (χ3v) is 3.42. The van der Waals surface area contributed by atoms with Crippen molar-refractivity contribution in [1.82, 2.24) is 9.97 Å². The van der Waals surface area contributed by atoms with Crippen LogP contribution in [0.2, 0.25) is 0 Å². The molecule has 0 atom stereocenters. The van der Waals surface area contributed by atoms with E-state index in [1.807, 2.05) is 42.5 Å². The van der Waals surface area contributed by atoms with Gasteiger partial charge in [-0.15, -0.1) is 0 Å². The number of aromatic amines is 2. The Labute approximate surface area is 136 Å². The molecular weight excluding hydrogens is 300 g/mol. The molecule has 5 nitrogen and oxygen atoms in total. The Bertz CT molecular complexity index is 1220. The molecule has 0 radical (unpaired) electrons. The summed E-state index contributed by atoms with van der Waals surface area (Å²) in [5.41, 5.74) is 7.84. The lowest BCUT2D eigenvalue weighted by Crippen LogP contribution is -2.13. The van der Waals surface area contributed by atoms with E-state index in [4.69, 9.17) is 0 Å². The molecule has 0 saturated heterocycles. The number of allylic oxidation sites excluding steroid dienone is 3. The molecule has 24 heavy (non-hydrogen) atoms. The number of aromatic nitrogens is 2. The smallest absolute Gasteiger partial charge is 0.270 e. The number of rotatable bonds is 1. The average molecular weight is 312 g/mol. The van der Waals surface area contributed by atoms with Gasteiger partial charge in [0.15, 0.2) is 0 Å². The monoisotopic (exact) mass is 312 g/mol. The summed E-state index contributed by atoms with van der Waals surface area (Å²) in [5.74, 6) is -0.225. The van der Waals surface area contributed by atoms with Gasteiger partial charge in [0.25, 0.3) is 5.91 Å². The van der Waals surface area contributed by atoms with Crippen LogP contribution in [0.15, 0.2) is 64.3 Å². The van der Waals surface area contributed by atoms with Gasteiger partial charge >= 0.3 is 0 Å². The zero-order valence-corrected chi connectivity index (χ0v) is 12.6. The number of H-pyrrole nitrogens is 2. The fraction of sp³-hybridized carbons (Fsp3) is 0. The van der Waals surface area contributed by atoms with Crippen LogP contribution >= 0.6 is 0 Å². The molecule has 5 heteroatoms. The summed E-state index contributed by atoms with van der Waals surface area (Å²) in [6, 6.07) is 7.69. The largest absolute Gasteiger partial charge is 0.349 e. The first kappa shape index (κ1) is 14.0. The van der Waals surface area contributed by atoms with Crippen molar-refractivity contribution in [3.63, 3.8) is 0 Å². The molecule has 0 aliphatic carbocycles. The third-order valence-electron chi connectivity index (χ3n) is 3.42.